The van der Waals surface area contributed by atoms with Crippen molar-refractivity contribution in [2.24, 2.45) is 5.92 Å². The lowest BCUT2D eigenvalue weighted by molar-refractivity contribution is -0.143. The summed E-state index contributed by atoms with van der Waals surface area (Å²) in [6.45, 7) is 3.03. The summed E-state index contributed by atoms with van der Waals surface area (Å²) in [4.78, 5) is 49.2. The highest BCUT2D eigenvalue weighted by molar-refractivity contribution is 7.10. The minimum absolute atomic E-state index is 0.0117. The van der Waals surface area contributed by atoms with Crippen molar-refractivity contribution in [3.05, 3.63) is 44.6 Å². The Morgan fingerprint density at radius 1 is 1.17 bits per heavy atom. The van der Waals surface area contributed by atoms with Crippen LogP contribution in [0.25, 0.3) is 0 Å². The molecule has 0 bridgehead atoms. The third-order valence-corrected chi connectivity index (χ3v) is 10.1. The Morgan fingerprint density at radius 3 is 2.52 bits per heavy atom. The van der Waals surface area contributed by atoms with E-state index in [-0.39, 0.29) is 30.3 Å². The van der Waals surface area contributed by atoms with Gasteiger partial charge in [0.05, 0.1) is 28.9 Å². The molecule has 1 aromatic carbocycles. The van der Waals surface area contributed by atoms with Gasteiger partial charge in [-0.1, -0.05) is 17.5 Å². The van der Waals surface area contributed by atoms with Gasteiger partial charge in [0.1, 0.15) is 0 Å². The summed E-state index contributed by atoms with van der Waals surface area (Å²) in [5, 5.41) is 5.32. The summed E-state index contributed by atoms with van der Waals surface area (Å²) >= 11 is 8.01. The van der Waals surface area contributed by atoms with Gasteiger partial charge in [0.25, 0.3) is 0 Å². The average Bonchev–Trinajstić information content (AvgIpc) is 3.45. The molecule has 11 heteroatoms. The standard InChI is InChI=1S/C31H39ClN6O3S/c1-4-21-15-20(17-25(32)29(21)33)16-22(30(40)37-12-5-23(6-13-37)35(2)3)18-28(39)36-10-7-24(8-11-36)38-19-27-26(9-14-42-27)34-31(38)41/h1,9,14-15,17,22-24H,5-8,10-13,16,18-19,33H2,2-3H3,(H,34,41)/t22-/m0/s1. The highest BCUT2D eigenvalue weighted by atomic mass is 35.5. The Morgan fingerprint density at radius 2 is 1.86 bits per heavy atom. The fourth-order valence-corrected chi connectivity index (χ4v) is 7.42. The SMILES string of the molecule is C#Cc1cc(C[C@@H](CC(=O)N2CCC(N3Cc4sccc4NC3=O)CC2)C(=O)N2CCC(N(C)C)CC2)cc(Cl)c1N. The van der Waals surface area contributed by atoms with Crippen molar-refractivity contribution in [3.63, 3.8) is 0 Å². The van der Waals surface area contributed by atoms with E-state index in [1.807, 2.05) is 26.1 Å². The summed E-state index contributed by atoms with van der Waals surface area (Å²) in [6, 6.07) is 5.90. The van der Waals surface area contributed by atoms with Gasteiger partial charge in [-0.25, -0.2) is 4.79 Å². The van der Waals surface area contributed by atoms with E-state index in [1.54, 1.807) is 23.5 Å². The van der Waals surface area contributed by atoms with E-state index in [0.29, 0.717) is 74.3 Å². The molecule has 0 aliphatic carbocycles. The number of benzene rings is 1. The van der Waals surface area contributed by atoms with Gasteiger partial charge in [-0.05, 0) is 75.3 Å². The summed E-state index contributed by atoms with van der Waals surface area (Å²) in [5.41, 5.74) is 8.55. The molecule has 5 rings (SSSR count). The average molecular weight is 611 g/mol. The lowest BCUT2D eigenvalue weighted by Gasteiger charge is -2.40. The number of rotatable bonds is 7. The molecule has 3 aliphatic heterocycles. The van der Waals surface area contributed by atoms with Gasteiger partial charge in [-0.15, -0.1) is 17.8 Å². The van der Waals surface area contributed by atoms with Crippen LogP contribution in [0.5, 0.6) is 0 Å². The molecule has 0 spiro atoms. The summed E-state index contributed by atoms with van der Waals surface area (Å²) in [7, 11) is 4.13. The van der Waals surface area contributed by atoms with Gasteiger partial charge in [0.2, 0.25) is 11.8 Å². The number of nitrogens with zero attached hydrogens (tertiary/aromatic N) is 4. The lowest BCUT2D eigenvalue weighted by Crippen LogP contribution is -2.51. The van der Waals surface area contributed by atoms with E-state index in [0.717, 1.165) is 29.0 Å². The number of anilines is 2. The maximum atomic E-state index is 13.9. The minimum Gasteiger partial charge on any atom is -0.397 e. The van der Waals surface area contributed by atoms with E-state index in [4.69, 9.17) is 23.8 Å². The number of amides is 4. The van der Waals surface area contributed by atoms with E-state index in [9.17, 15) is 14.4 Å². The molecule has 1 atom stereocenters. The third kappa shape index (κ3) is 6.54. The molecule has 42 heavy (non-hydrogen) atoms. The minimum atomic E-state index is -0.540. The zero-order chi connectivity index (χ0) is 30.0. The Kier molecular flexibility index (Phi) is 9.31. The predicted octanol–water partition coefficient (Wildman–Crippen LogP) is 4.11. The first-order valence-corrected chi connectivity index (χ1v) is 15.8. The van der Waals surface area contributed by atoms with E-state index >= 15 is 0 Å². The number of carbonyl (C=O) groups is 3. The number of piperidine rings is 2. The number of fused-ring (bicyclic) bond motifs is 1. The molecule has 0 unspecified atom stereocenters. The van der Waals surface area contributed by atoms with Crippen LogP contribution in [-0.4, -0.2) is 89.8 Å². The summed E-state index contributed by atoms with van der Waals surface area (Å²) in [5.74, 6) is 1.98. The van der Waals surface area contributed by atoms with Gasteiger partial charge in [0.15, 0.2) is 0 Å². The van der Waals surface area contributed by atoms with Crippen LogP contribution in [-0.2, 0) is 22.6 Å². The van der Waals surface area contributed by atoms with Gasteiger partial charge in [0, 0.05) is 55.1 Å². The maximum Gasteiger partial charge on any atom is 0.322 e. The second-order valence-electron chi connectivity index (χ2n) is 11.7. The largest absolute Gasteiger partial charge is 0.397 e. The Balaban J connectivity index is 1.25. The van der Waals surface area contributed by atoms with Crippen molar-refractivity contribution < 1.29 is 14.4 Å². The number of likely N-dealkylation sites (tertiary alicyclic amines) is 2. The Hall–Kier alpha value is -3.26. The van der Waals surface area contributed by atoms with Crippen molar-refractivity contribution in [1.82, 2.24) is 19.6 Å². The molecule has 0 saturated carbocycles. The second-order valence-corrected chi connectivity index (χ2v) is 13.1. The summed E-state index contributed by atoms with van der Waals surface area (Å²) in [6.07, 6.45) is 9.31. The van der Waals surface area contributed by atoms with Crippen LogP contribution in [0.2, 0.25) is 5.02 Å². The first-order chi connectivity index (χ1) is 20.1. The van der Waals surface area contributed by atoms with Crippen LogP contribution in [0, 0.1) is 18.3 Å². The molecule has 4 heterocycles. The smallest absolute Gasteiger partial charge is 0.322 e. The number of hydrogen-bond acceptors (Lipinski definition) is 6. The molecule has 2 fully saturated rings. The summed E-state index contributed by atoms with van der Waals surface area (Å²) < 4.78 is 0. The molecule has 4 amide bonds. The van der Waals surface area contributed by atoms with Crippen LogP contribution in [0.3, 0.4) is 0 Å². The van der Waals surface area contributed by atoms with Crippen molar-refractivity contribution in [2.75, 3.05) is 51.3 Å². The normalized spacial score (nSPS) is 18.9. The van der Waals surface area contributed by atoms with Gasteiger partial charge >= 0.3 is 6.03 Å². The topological polar surface area (TPSA) is 102 Å². The lowest BCUT2D eigenvalue weighted by atomic mass is 9.91. The highest BCUT2D eigenvalue weighted by Crippen LogP contribution is 2.32. The number of urea groups is 1. The van der Waals surface area contributed by atoms with E-state index < -0.39 is 5.92 Å². The maximum absolute atomic E-state index is 13.9. The van der Waals surface area contributed by atoms with Crippen molar-refractivity contribution >= 4 is 52.2 Å². The second kappa shape index (κ2) is 12.9. The molecule has 1 aromatic heterocycles. The number of thiophene rings is 1. The quantitative estimate of drug-likeness (QED) is 0.363. The zero-order valence-corrected chi connectivity index (χ0v) is 25.8. The van der Waals surface area contributed by atoms with Crippen LogP contribution in [0.15, 0.2) is 23.6 Å². The number of nitrogen functional groups attached to an aromatic ring is 1. The third-order valence-electron chi connectivity index (χ3n) is 8.92. The van der Waals surface area contributed by atoms with Crippen LogP contribution in [0.4, 0.5) is 16.2 Å². The zero-order valence-electron chi connectivity index (χ0n) is 24.3. The fraction of sp³-hybridized carbons (Fsp3) is 0.516. The predicted molar refractivity (Wildman–Crippen MR) is 167 cm³/mol. The highest BCUT2D eigenvalue weighted by Gasteiger charge is 2.35. The number of nitrogens with one attached hydrogen (secondary N) is 1. The van der Waals surface area contributed by atoms with Crippen molar-refractivity contribution in [3.8, 4) is 12.3 Å². The van der Waals surface area contributed by atoms with Gasteiger partial charge in [-0.3, -0.25) is 9.59 Å². The molecule has 3 N–H and O–H groups in total. The molecule has 0 radical (unpaired) electrons. The van der Waals surface area contributed by atoms with Crippen LogP contribution in [0.1, 0.15) is 48.1 Å². The Labute approximate surface area is 256 Å². The van der Waals surface area contributed by atoms with Crippen molar-refractivity contribution in [1.29, 1.82) is 0 Å². The number of nitrogens with two attached hydrogens (primary N) is 1. The molecular weight excluding hydrogens is 572 g/mol. The monoisotopic (exact) mass is 610 g/mol. The van der Waals surface area contributed by atoms with Gasteiger partial charge in [-0.2, -0.15) is 0 Å². The number of halogens is 1. The molecule has 224 valence electrons. The molecule has 9 nitrogen and oxygen atoms in total. The van der Waals surface area contributed by atoms with Crippen LogP contribution >= 0.6 is 22.9 Å². The molecule has 2 aromatic rings. The number of hydrogen-bond donors (Lipinski definition) is 2. The van der Waals surface area contributed by atoms with E-state index in [1.165, 1.54) is 0 Å². The Bertz CT molecular complexity index is 1370. The fourth-order valence-electron chi connectivity index (χ4n) is 6.35. The first-order valence-electron chi connectivity index (χ1n) is 14.6. The number of terminal acetylenes is 1. The van der Waals surface area contributed by atoms with E-state index in [2.05, 4.69) is 30.2 Å². The van der Waals surface area contributed by atoms with Crippen molar-refractivity contribution in [2.45, 2.75) is 57.2 Å². The molecule has 3 aliphatic rings. The van der Waals surface area contributed by atoms with Gasteiger partial charge < -0.3 is 30.7 Å². The molecular formula is C31H39ClN6O3S. The number of carbonyl (C=O) groups excluding carboxylic acids is 3. The van der Waals surface area contributed by atoms with Crippen LogP contribution < -0.4 is 11.1 Å². The first kappa shape index (κ1) is 30.2. The molecule has 2 saturated heterocycles.